The standard InChI is InChI=1S/C12H18O5Si/c13-18(14,15)9-10-4-6-11(7-5-10)17-12-3-1-2-8-16-12/h4-7,12-15H,1-3,8-9H2/i13T,14T,15T. The van der Waals surface area contributed by atoms with Gasteiger partial charge in [-0.2, -0.15) is 0 Å². The fourth-order valence-electron chi connectivity index (χ4n) is 1.89. The fraction of sp³-hybridized carbons (Fsp3) is 0.500. The zero-order chi connectivity index (χ0) is 15.1. The lowest BCUT2D eigenvalue weighted by Crippen LogP contribution is -2.37. The Morgan fingerprint density at radius 1 is 1.28 bits per heavy atom. The van der Waals surface area contributed by atoms with Crippen LogP contribution in [0.2, 0.25) is 0 Å². The second kappa shape index (κ2) is 5.81. The molecule has 1 saturated heterocycles. The van der Waals surface area contributed by atoms with Crippen molar-refractivity contribution in [3.05, 3.63) is 29.8 Å². The van der Waals surface area contributed by atoms with Crippen molar-refractivity contribution < 1.29 is 23.9 Å². The van der Waals surface area contributed by atoms with Gasteiger partial charge < -0.3 is 23.9 Å². The Balaban J connectivity index is 1.94. The molecule has 0 aliphatic carbocycles. The lowest BCUT2D eigenvalue weighted by atomic mass is 10.2. The molecule has 1 aromatic carbocycles. The molecule has 18 heavy (non-hydrogen) atoms. The van der Waals surface area contributed by atoms with Crippen LogP contribution in [0.15, 0.2) is 24.3 Å². The molecule has 1 aliphatic rings. The number of rotatable bonds is 7. The van der Waals surface area contributed by atoms with E-state index >= 15 is 0 Å². The summed E-state index contributed by atoms with van der Waals surface area (Å²) in [4.78, 5) is 12.9. The highest BCUT2D eigenvalue weighted by Crippen LogP contribution is 2.20. The molecule has 2 rings (SSSR count). The minimum Gasteiger partial charge on any atom is -0.465 e. The molecule has 3 N–H and O–H groups in total. The Labute approximate surface area is 111 Å². The maximum atomic E-state index is 6.90. The topological polar surface area (TPSA) is 79.2 Å². The summed E-state index contributed by atoms with van der Waals surface area (Å²) in [6, 6.07) is 7.13. The van der Waals surface area contributed by atoms with Crippen molar-refractivity contribution in [1.82, 2.24) is 0 Å². The summed E-state index contributed by atoms with van der Waals surface area (Å²) >= 11 is 0. The molecule has 1 fully saturated rings. The SMILES string of the molecule is [3H]O[Si](Cc1ccc(OC2CCCCO2)cc1)(O[3H])O[3H]. The van der Waals surface area contributed by atoms with Gasteiger partial charge in [-0.15, -0.1) is 0 Å². The van der Waals surface area contributed by atoms with Gasteiger partial charge in [0.15, 0.2) is 10.6 Å². The van der Waals surface area contributed by atoms with Crippen LogP contribution >= 0.6 is 0 Å². The number of hydrogen-bond donors (Lipinski definition) is 3. The highest BCUT2D eigenvalue weighted by molar-refractivity contribution is 6.55. The molecule has 5 nitrogen and oxygen atoms in total. The highest BCUT2D eigenvalue weighted by atomic mass is 28.4. The van der Waals surface area contributed by atoms with Crippen molar-refractivity contribution in [2.45, 2.75) is 31.6 Å². The lowest BCUT2D eigenvalue weighted by Gasteiger charge is -2.23. The van der Waals surface area contributed by atoms with Crippen LogP contribution in [0.3, 0.4) is 0 Å². The zero-order valence-electron chi connectivity index (χ0n) is 13.0. The van der Waals surface area contributed by atoms with E-state index in [9.17, 15) is 0 Å². The van der Waals surface area contributed by atoms with Crippen LogP contribution in [0.1, 0.15) is 24.8 Å². The smallest absolute Gasteiger partial charge is 0.465 e. The van der Waals surface area contributed by atoms with Crippen LogP contribution in [0, 0.1) is 0 Å². The van der Waals surface area contributed by atoms with Gasteiger partial charge in [-0.1, -0.05) is 12.1 Å². The molecule has 1 aliphatic heterocycles. The molecule has 0 aromatic heterocycles. The molecule has 1 heterocycles. The Bertz CT molecular complexity index is 415. The molecule has 0 spiro atoms. The minimum atomic E-state index is -3.58. The Kier molecular flexibility index (Phi) is 3.21. The second-order valence-electron chi connectivity index (χ2n) is 4.42. The van der Waals surface area contributed by atoms with Crippen LogP contribution < -0.4 is 4.74 Å². The molecule has 0 amide bonds. The van der Waals surface area contributed by atoms with E-state index in [0.717, 1.165) is 31.4 Å². The van der Waals surface area contributed by atoms with E-state index in [1.54, 1.807) is 24.3 Å². The zero-order valence-corrected chi connectivity index (χ0v) is 11.0. The third-order valence-electron chi connectivity index (χ3n) is 2.75. The normalized spacial score (nSPS) is 22.9. The largest absolute Gasteiger partial charge is 0.497 e. The van der Waals surface area contributed by atoms with Gasteiger partial charge in [-0.05, 0) is 30.5 Å². The van der Waals surface area contributed by atoms with Crippen LogP contribution in [-0.4, -0.2) is 40.4 Å². The van der Waals surface area contributed by atoms with Gasteiger partial charge in [0, 0.05) is 12.5 Å². The maximum Gasteiger partial charge on any atom is 0.497 e. The van der Waals surface area contributed by atoms with E-state index in [4.69, 9.17) is 13.8 Å². The monoisotopic (exact) mass is 276 g/mol. The van der Waals surface area contributed by atoms with Gasteiger partial charge in [-0.25, -0.2) is 0 Å². The molecule has 1 unspecified atom stereocenters. The van der Waals surface area contributed by atoms with Crippen LogP contribution in [0.25, 0.3) is 0 Å². The van der Waals surface area contributed by atoms with Crippen molar-refractivity contribution >= 4 is 8.80 Å². The van der Waals surface area contributed by atoms with Crippen molar-refractivity contribution in [3.8, 4) is 5.75 Å². The predicted molar refractivity (Wildman–Crippen MR) is 66.8 cm³/mol. The van der Waals surface area contributed by atoms with Crippen LogP contribution in [-0.2, 0) is 10.8 Å². The van der Waals surface area contributed by atoms with E-state index in [1.807, 2.05) is 0 Å². The summed E-state index contributed by atoms with van der Waals surface area (Å²) in [6.45, 7) is 0.722. The quantitative estimate of drug-likeness (QED) is 0.635. The number of ether oxygens (including phenoxy) is 2. The average molecular weight is 276 g/mol. The molecule has 0 bridgehead atoms. The van der Waals surface area contributed by atoms with Gasteiger partial charge in [0.25, 0.3) is 0 Å². The summed E-state index contributed by atoms with van der Waals surface area (Å²) < 4.78 is 31.9. The highest BCUT2D eigenvalue weighted by Gasteiger charge is 2.27. The minimum absolute atomic E-state index is 0.0731. The van der Waals surface area contributed by atoms with E-state index < -0.39 is 8.80 Å². The molecule has 1 atom stereocenters. The molecular formula is C12H18O5Si. The first kappa shape index (κ1) is 9.94. The van der Waals surface area contributed by atoms with Gasteiger partial charge >= 0.3 is 8.80 Å². The summed E-state index contributed by atoms with van der Waals surface area (Å²) in [5.41, 5.74) is 0.741. The third-order valence-corrected chi connectivity index (χ3v) is 3.59. The Morgan fingerprint density at radius 3 is 2.67 bits per heavy atom. The van der Waals surface area contributed by atoms with Crippen LogP contribution in [0.5, 0.6) is 5.75 Å². The van der Waals surface area contributed by atoms with Gasteiger partial charge in [-0.3, -0.25) is 0 Å². The Hall–Kier alpha value is -0.923. The van der Waals surface area contributed by atoms with E-state index in [-0.39, 0.29) is 12.3 Å². The summed E-state index contributed by atoms with van der Waals surface area (Å²) in [7, 11) is -3.58. The van der Waals surface area contributed by atoms with Crippen LogP contribution in [0.4, 0.5) is 0 Å². The Morgan fingerprint density at radius 2 is 2.06 bits per heavy atom. The van der Waals surface area contributed by atoms with Gasteiger partial charge in [0.05, 0.1) is 6.61 Å². The number of hydrogen-bond acceptors (Lipinski definition) is 5. The molecule has 1 aromatic rings. The van der Waals surface area contributed by atoms with E-state index in [0.29, 0.717) is 5.75 Å². The second-order valence-corrected chi connectivity index (χ2v) is 6.14. The third kappa shape index (κ3) is 4.39. The van der Waals surface area contributed by atoms with Crippen molar-refractivity contribution in [2.24, 2.45) is 0 Å². The molecule has 0 radical (unpaired) electrons. The van der Waals surface area contributed by atoms with E-state index in [1.165, 1.54) is 0 Å². The summed E-state index contributed by atoms with van der Waals surface area (Å²) in [5, 5.41) is 0. The predicted octanol–water partition coefficient (Wildman–Crippen LogP) is 0.590. The first-order valence-corrected chi connectivity index (χ1v) is 7.95. The van der Waals surface area contributed by atoms with Crippen molar-refractivity contribution in [3.63, 3.8) is 0 Å². The first-order valence-electron chi connectivity index (χ1n) is 7.24. The molecule has 0 saturated carbocycles. The first-order chi connectivity index (χ1) is 10.2. The molecule has 6 heteroatoms. The molecule has 100 valence electrons. The summed E-state index contributed by atoms with van der Waals surface area (Å²) in [5.74, 6) is 0.684. The van der Waals surface area contributed by atoms with Crippen molar-refractivity contribution in [1.29, 1.82) is 4.29 Å². The number of benzene rings is 1. The average Bonchev–Trinajstić information content (AvgIpc) is 2.55. The van der Waals surface area contributed by atoms with Crippen molar-refractivity contribution in [2.75, 3.05) is 6.61 Å². The van der Waals surface area contributed by atoms with E-state index in [2.05, 4.69) is 14.4 Å². The molecular weight excluding hydrogens is 252 g/mol. The van der Waals surface area contributed by atoms with Gasteiger partial charge in [0.2, 0.25) is 0 Å². The summed E-state index contributed by atoms with van der Waals surface area (Å²) in [6.07, 6.45) is 2.84. The lowest BCUT2D eigenvalue weighted by molar-refractivity contribution is -0.105. The fourth-order valence-corrected chi connectivity index (χ4v) is 2.63. The maximum absolute atomic E-state index is 6.90. The van der Waals surface area contributed by atoms with Gasteiger partial charge in [0.1, 0.15) is 5.75 Å².